The third-order valence-corrected chi connectivity index (χ3v) is 4.21. The summed E-state index contributed by atoms with van der Waals surface area (Å²) < 4.78 is 12.9. The van der Waals surface area contributed by atoms with E-state index in [0.29, 0.717) is 18.0 Å². The van der Waals surface area contributed by atoms with Crippen LogP contribution in [-0.2, 0) is 11.3 Å². The van der Waals surface area contributed by atoms with E-state index in [1.54, 1.807) is 7.11 Å². The van der Waals surface area contributed by atoms with Crippen molar-refractivity contribution in [1.82, 2.24) is 4.57 Å². The van der Waals surface area contributed by atoms with Crippen LogP contribution >= 0.6 is 0 Å². The van der Waals surface area contributed by atoms with Gasteiger partial charge in [-0.2, -0.15) is 0 Å². The summed E-state index contributed by atoms with van der Waals surface area (Å²) in [6.07, 6.45) is 3.97. The second-order valence-corrected chi connectivity index (χ2v) is 6.11. The van der Waals surface area contributed by atoms with Gasteiger partial charge < -0.3 is 19.4 Å². The van der Waals surface area contributed by atoms with Crippen molar-refractivity contribution in [2.45, 2.75) is 26.3 Å². The van der Waals surface area contributed by atoms with Gasteiger partial charge >= 0.3 is 0 Å². The fourth-order valence-corrected chi connectivity index (χ4v) is 2.81. The van der Waals surface area contributed by atoms with Crippen molar-refractivity contribution in [3.05, 3.63) is 54.7 Å². The minimum Gasteiger partial charge on any atom is -0.497 e. The number of hydrogen-bond donors (Lipinski definition) is 1. The van der Waals surface area contributed by atoms with E-state index < -0.39 is 0 Å². The lowest BCUT2D eigenvalue weighted by molar-refractivity contribution is -0.116. The highest BCUT2D eigenvalue weighted by Gasteiger charge is 2.10. The third-order valence-electron chi connectivity index (χ3n) is 4.21. The molecule has 3 rings (SSSR count). The van der Waals surface area contributed by atoms with Crippen LogP contribution in [0.25, 0.3) is 10.9 Å². The van der Waals surface area contributed by atoms with Crippen molar-refractivity contribution in [3.8, 4) is 11.5 Å². The van der Waals surface area contributed by atoms with Crippen molar-refractivity contribution < 1.29 is 14.3 Å². The monoisotopic (exact) mass is 352 g/mol. The number of nitrogens with one attached hydrogen (secondary N) is 1. The average molecular weight is 352 g/mol. The Hall–Kier alpha value is -2.95. The number of benzene rings is 2. The summed E-state index contributed by atoms with van der Waals surface area (Å²) in [5.74, 6) is 1.42. The minimum atomic E-state index is -0.0927. The normalized spacial score (nSPS) is 10.7. The highest BCUT2D eigenvalue weighted by Crippen LogP contribution is 2.25. The van der Waals surface area contributed by atoms with Crippen LogP contribution in [0.2, 0.25) is 0 Å². The Morgan fingerprint density at radius 1 is 1.15 bits per heavy atom. The lowest BCUT2D eigenvalue weighted by Gasteiger charge is -2.13. The molecule has 0 atom stereocenters. The highest BCUT2D eigenvalue weighted by molar-refractivity contribution is 5.93. The van der Waals surface area contributed by atoms with Gasteiger partial charge in [-0.25, -0.2) is 0 Å². The first kappa shape index (κ1) is 17.9. The van der Waals surface area contributed by atoms with Gasteiger partial charge in [-0.3, -0.25) is 4.79 Å². The van der Waals surface area contributed by atoms with Crippen LogP contribution in [0, 0.1) is 0 Å². The van der Waals surface area contributed by atoms with Gasteiger partial charge in [-0.15, -0.1) is 0 Å². The first-order valence-corrected chi connectivity index (χ1v) is 8.86. The standard InChI is InChI=1S/C21H24N2O3/c1-3-4-13-26-20-8-6-5-7-18(20)22-21(24)15-23-12-11-16-14-17(25-2)9-10-19(16)23/h5-12,14H,3-4,13,15H2,1-2H3,(H,22,24). The molecule has 5 heteroatoms. The average Bonchev–Trinajstić information content (AvgIpc) is 3.05. The molecule has 1 N–H and O–H groups in total. The van der Waals surface area contributed by atoms with Crippen LogP contribution in [0.3, 0.4) is 0 Å². The summed E-state index contributed by atoms with van der Waals surface area (Å²) in [4.78, 5) is 12.5. The van der Waals surface area contributed by atoms with Crippen LogP contribution in [0.1, 0.15) is 19.8 Å². The molecule has 3 aromatic rings. The van der Waals surface area contributed by atoms with Crippen LogP contribution in [0.4, 0.5) is 5.69 Å². The number of aromatic nitrogens is 1. The molecule has 0 bridgehead atoms. The molecule has 0 aliphatic heterocycles. The maximum absolute atomic E-state index is 12.5. The number of fused-ring (bicyclic) bond motifs is 1. The van der Waals surface area contributed by atoms with Gasteiger partial charge in [0.05, 0.1) is 19.4 Å². The number of carbonyl (C=O) groups excluding carboxylic acids is 1. The van der Waals surface area contributed by atoms with Gasteiger partial charge in [-0.05, 0) is 42.8 Å². The van der Waals surface area contributed by atoms with Gasteiger partial charge in [0, 0.05) is 17.1 Å². The molecule has 0 aliphatic rings. The van der Waals surface area contributed by atoms with E-state index in [1.807, 2.05) is 59.3 Å². The molecule has 0 saturated carbocycles. The molecule has 0 spiro atoms. The number of ether oxygens (including phenoxy) is 2. The molecule has 0 aliphatic carbocycles. The number of hydrogen-bond acceptors (Lipinski definition) is 3. The van der Waals surface area contributed by atoms with Gasteiger partial charge in [0.1, 0.15) is 18.0 Å². The Morgan fingerprint density at radius 2 is 2.00 bits per heavy atom. The predicted molar refractivity (Wildman–Crippen MR) is 104 cm³/mol. The van der Waals surface area contributed by atoms with Gasteiger partial charge in [0.2, 0.25) is 5.91 Å². The van der Waals surface area contributed by atoms with Gasteiger partial charge in [0.15, 0.2) is 0 Å². The zero-order chi connectivity index (χ0) is 18.4. The van der Waals surface area contributed by atoms with E-state index in [-0.39, 0.29) is 12.5 Å². The number of carbonyl (C=O) groups is 1. The van der Waals surface area contributed by atoms with E-state index in [2.05, 4.69) is 12.2 Å². The van der Waals surface area contributed by atoms with E-state index >= 15 is 0 Å². The summed E-state index contributed by atoms with van der Waals surface area (Å²) in [6, 6.07) is 15.3. The molecule has 26 heavy (non-hydrogen) atoms. The number of rotatable bonds is 8. The fraction of sp³-hybridized carbons (Fsp3) is 0.286. The van der Waals surface area contributed by atoms with Crippen LogP contribution in [0.5, 0.6) is 11.5 Å². The quantitative estimate of drug-likeness (QED) is 0.609. The van der Waals surface area contributed by atoms with Crippen molar-refractivity contribution in [2.75, 3.05) is 19.0 Å². The predicted octanol–water partition coefficient (Wildman–Crippen LogP) is 4.47. The minimum absolute atomic E-state index is 0.0927. The van der Waals surface area contributed by atoms with Crippen LogP contribution < -0.4 is 14.8 Å². The van der Waals surface area contributed by atoms with Crippen molar-refractivity contribution in [3.63, 3.8) is 0 Å². The fourth-order valence-electron chi connectivity index (χ4n) is 2.81. The number of nitrogens with zero attached hydrogens (tertiary/aromatic N) is 1. The lowest BCUT2D eigenvalue weighted by atomic mass is 10.2. The number of amides is 1. The van der Waals surface area contributed by atoms with Crippen molar-refractivity contribution in [1.29, 1.82) is 0 Å². The Labute approximate surface area is 153 Å². The molecule has 0 unspecified atom stereocenters. The largest absolute Gasteiger partial charge is 0.497 e. The second-order valence-electron chi connectivity index (χ2n) is 6.11. The number of anilines is 1. The van der Waals surface area contributed by atoms with Crippen LogP contribution in [0.15, 0.2) is 54.7 Å². The zero-order valence-electron chi connectivity index (χ0n) is 15.2. The smallest absolute Gasteiger partial charge is 0.244 e. The first-order valence-electron chi connectivity index (χ1n) is 8.86. The maximum Gasteiger partial charge on any atom is 0.244 e. The zero-order valence-corrected chi connectivity index (χ0v) is 15.2. The molecule has 1 aromatic heterocycles. The maximum atomic E-state index is 12.5. The number of methoxy groups -OCH3 is 1. The summed E-state index contributed by atoms with van der Waals surface area (Å²) in [7, 11) is 1.64. The van der Waals surface area contributed by atoms with Crippen molar-refractivity contribution >= 4 is 22.5 Å². The van der Waals surface area contributed by atoms with Gasteiger partial charge in [0.25, 0.3) is 0 Å². The molecular formula is C21H24N2O3. The Bertz CT molecular complexity index is 886. The summed E-state index contributed by atoms with van der Waals surface area (Å²) in [5, 5.41) is 4.00. The Balaban J connectivity index is 1.70. The van der Waals surface area contributed by atoms with E-state index in [0.717, 1.165) is 29.5 Å². The SMILES string of the molecule is CCCCOc1ccccc1NC(=O)Cn1ccc2cc(OC)ccc21. The topological polar surface area (TPSA) is 52.5 Å². The number of para-hydroxylation sites is 2. The second kappa shape index (κ2) is 8.43. The van der Waals surface area contributed by atoms with Gasteiger partial charge in [-0.1, -0.05) is 25.5 Å². The molecule has 0 radical (unpaired) electrons. The van der Waals surface area contributed by atoms with Crippen LogP contribution in [-0.4, -0.2) is 24.2 Å². The number of unbranched alkanes of at least 4 members (excludes halogenated alkanes) is 1. The van der Waals surface area contributed by atoms with E-state index in [9.17, 15) is 4.79 Å². The molecule has 0 saturated heterocycles. The van der Waals surface area contributed by atoms with E-state index in [1.165, 1.54) is 0 Å². The van der Waals surface area contributed by atoms with E-state index in [4.69, 9.17) is 9.47 Å². The Kier molecular flexibility index (Phi) is 5.79. The molecule has 0 fully saturated rings. The Morgan fingerprint density at radius 3 is 2.81 bits per heavy atom. The van der Waals surface area contributed by atoms with Crippen molar-refractivity contribution in [2.24, 2.45) is 0 Å². The highest BCUT2D eigenvalue weighted by atomic mass is 16.5. The summed E-state index contributed by atoms with van der Waals surface area (Å²) in [6.45, 7) is 3.00. The molecule has 5 nitrogen and oxygen atoms in total. The lowest BCUT2D eigenvalue weighted by Crippen LogP contribution is -2.18. The third kappa shape index (κ3) is 4.17. The summed E-state index contributed by atoms with van der Waals surface area (Å²) >= 11 is 0. The first-order chi connectivity index (χ1) is 12.7. The molecular weight excluding hydrogens is 328 g/mol. The molecule has 2 aromatic carbocycles. The molecule has 1 heterocycles. The molecule has 136 valence electrons. The summed E-state index contributed by atoms with van der Waals surface area (Å²) in [5.41, 5.74) is 1.69. The molecule has 1 amide bonds.